The summed E-state index contributed by atoms with van der Waals surface area (Å²) in [6.45, 7) is 1.40. The highest BCUT2D eigenvalue weighted by Gasteiger charge is 2.19. The van der Waals surface area contributed by atoms with E-state index in [0.29, 0.717) is 11.3 Å². The number of hydrogen-bond donors (Lipinski definition) is 1. The zero-order valence-corrected chi connectivity index (χ0v) is 16.4. The van der Waals surface area contributed by atoms with Crippen LogP contribution in [0.25, 0.3) is 0 Å². The second-order valence-corrected chi connectivity index (χ2v) is 6.16. The van der Waals surface area contributed by atoms with Crippen molar-refractivity contribution in [2.75, 3.05) is 25.3 Å². The van der Waals surface area contributed by atoms with E-state index >= 15 is 0 Å². The minimum atomic E-state index is -0.791. The van der Waals surface area contributed by atoms with Crippen LogP contribution in [0.15, 0.2) is 40.4 Å². The summed E-state index contributed by atoms with van der Waals surface area (Å²) in [7, 11) is 1.28. The van der Waals surface area contributed by atoms with E-state index in [2.05, 4.69) is 15.0 Å². The van der Waals surface area contributed by atoms with Crippen LogP contribution in [0.5, 0.6) is 0 Å². The molecule has 0 aliphatic rings. The summed E-state index contributed by atoms with van der Waals surface area (Å²) in [4.78, 5) is 52.3. The lowest BCUT2D eigenvalue weighted by Crippen LogP contribution is -2.33. The van der Waals surface area contributed by atoms with Crippen molar-refractivity contribution in [3.8, 4) is 0 Å². The third-order valence-corrected chi connectivity index (χ3v) is 4.27. The summed E-state index contributed by atoms with van der Waals surface area (Å²) >= 11 is 1.17. The minimum absolute atomic E-state index is 0.116. The van der Waals surface area contributed by atoms with Crippen molar-refractivity contribution in [1.82, 2.24) is 9.55 Å². The van der Waals surface area contributed by atoms with Crippen molar-refractivity contribution in [3.05, 3.63) is 51.9 Å². The number of nitrogens with zero attached hydrogens (tertiary/aromatic N) is 2. The Morgan fingerprint density at radius 1 is 1.18 bits per heavy atom. The van der Waals surface area contributed by atoms with E-state index in [9.17, 15) is 19.2 Å². The molecule has 0 saturated carbocycles. The van der Waals surface area contributed by atoms with Gasteiger partial charge in [-0.15, -0.1) is 0 Å². The van der Waals surface area contributed by atoms with Gasteiger partial charge in [-0.25, -0.2) is 14.6 Å². The Morgan fingerprint density at radius 2 is 1.86 bits per heavy atom. The number of anilines is 1. The number of hydrogen-bond acceptors (Lipinski definition) is 8. The predicted molar refractivity (Wildman–Crippen MR) is 103 cm³/mol. The summed E-state index contributed by atoms with van der Waals surface area (Å²) in [6.07, 6.45) is 2.85. The number of nitrogens with one attached hydrogen (secondary N) is 1. The fraction of sp³-hybridized carbons (Fsp3) is 0.278. The van der Waals surface area contributed by atoms with Gasteiger partial charge in [-0.05, 0) is 37.4 Å². The molecular formula is C18H19N3O6S. The van der Waals surface area contributed by atoms with E-state index < -0.39 is 23.4 Å². The molecule has 0 spiro atoms. The lowest BCUT2D eigenvalue weighted by Gasteiger charge is -2.12. The maximum absolute atomic E-state index is 12.6. The van der Waals surface area contributed by atoms with E-state index in [4.69, 9.17) is 4.74 Å². The Bertz CT molecular complexity index is 939. The molecule has 9 nitrogen and oxygen atoms in total. The van der Waals surface area contributed by atoms with Crippen LogP contribution in [0.4, 0.5) is 5.69 Å². The molecule has 0 saturated heterocycles. The first-order chi connectivity index (χ1) is 13.4. The van der Waals surface area contributed by atoms with Crippen molar-refractivity contribution >= 4 is 35.3 Å². The number of ether oxygens (including phenoxy) is 2. The first-order valence-electron chi connectivity index (χ1n) is 8.20. The van der Waals surface area contributed by atoms with Gasteiger partial charge in [0.15, 0.2) is 5.16 Å². The Labute approximate surface area is 165 Å². The minimum Gasteiger partial charge on any atom is -0.465 e. The van der Waals surface area contributed by atoms with Crippen LogP contribution in [-0.4, -0.2) is 47.4 Å². The zero-order chi connectivity index (χ0) is 20.7. The molecular weight excluding hydrogens is 386 g/mol. The Hall–Kier alpha value is -3.14. The number of methoxy groups -OCH3 is 1. The molecule has 1 N–H and O–H groups in total. The highest BCUT2D eigenvalue weighted by Crippen LogP contribution is 2.13. The molecule has 1 amide bonds. The smallest absolute Gasteiger partial charge is 0.345 e. The molecule has 1 heterocycles. The molecule has 1 aromatic carbocycles. The lowest BCUT2D eigenvalue weighted by molar-refractivity contribution is -0.116. The standard InChI is InChI=1S/C18H19N3O6S/c1-4-27-17(25)13-9-19-18(28-3)21(15(13)23)10-14(22)20-12-7-5-11(6-8-12)16(24)26-2/h5-9H,4,10H2,1-3H3,(H,20,22). The zero-order valence-electron chi connectivity index (χ0n) is 15.6. The van der Waals surface area contributed by atoms with Crippen LogP contribution in [0.3, 0.4) is 0 Å². The quantitative estimate of drug-likeness (QED) is 0.419. The molecule has 0 fully saturated rings. The van der Waals surface area contributed by atoms with Crippen LogP contribution in [-0.2, 0) is 20.8 Å². The van der Waals surface area contributed by atoms with E-state index in [-0.39, 0.29) is 23.9 Å². The molecule has 28 heavy (non-hydrogen) atoms. The molecule has 2 aromatic rings. The van der Waals surface area contributed by atoms with Gasteiger partial charge in [0.2, 0.25) is 5.91 Å². The second-order valence-electron chi connectivity index (χ2n) is 5.39. The molecule has 0 aliphatic carbocycles. The number of amides is 1. The number of aromatic nitrogens is 2. The third-order valence-electron chi connectivity index (χ3n) is 3.58. The summed E-state index contributed by atoms with van der Waals surface area (Å²) in [6, 6.07) is 6.08. The monoisotopic (exact) mass is 405 g/mol. The Morgan fingerprint density at radius 3 is 2.43 bits per heavy atom. The van der Waals surface area contributed by atoms with E-state index in [1.807, 2.05) is 0 Å². The number of esters is 2. The van der Waals surface area contributed by atoms with Gasteiger partial charge in [0.1, 0.15) is 12.1 Å². The van der Waals surface area contributed by atoms with Crippen LogP contribution in [0.1, 0.15) is 27.6 Å². The fourth-order valence-electron chi connectivity index (χ4n) is 2.28. The van der Waals surface area contributed by atoms with Crippen molar-refractivity contribution in [3.63, 3.8) is 0 Å². The normalized spacial score (nSPS) is 10.2. The van der Waals surface area contributed by atoms with Gasteiger partial charge < -0.3 is 14.8 Å². The van der Waals surface area contributed by atoms with Crippen molar-refractivity contribution in [1.29, 1.82) is 0 Å². The second kappa shape index (κ2) is 9.70. The highest BCUT2D eigenvalue weighted by molar-refractivity contribution is 7.98. The Kier molecular flexibility index (Phi) is 7.33. The van der Waals surface area contributed by atoms with Crippen LogP contribution in [0.2, 0.25) is 0 Å². The maximum atomic E-state index is 12.6. The Balaban J connectivity index is 2.20. The van der Waals surface area contributed by atoms with Crippen LogP contribution < -0.4 is 10.9 Å². The average Bonchev–Trinajstić information content (AvgIpc) is 2.69. The van der Waals surface area contributed by atoms with Gasteiger partial charge >= 0.3 is 11.9 Å². The topological polar surface area (TPSA) is 117 Å². The average molecular weight is 405 g/mol. The predicted octanol–water partition coefficient (Wildman–Crippen LogP) is 1.57. The molecule has 2 rings (SSSR count). The van der Waals surface area contributed by atoms with E-state index in [1.54, 1.807) is 13.2 Å². The summed E-state index contributed by atoms with van der Waals surface area (Å²) < 4.78 is 10.6. The van der Waals surface area contributed by atoms with Crippen LogP contribution >= 0.6 is 11.8 Å². The van der Waals surface area contributed by atoms with Gasteiger partial charge in [-0.2, -0.15) is 0 Å². The number of carbonyl (C=O) groups excluding carboxylic acids is 3. The third kappa shape index (κ3) is 4.97. The first-order valence-corrected chi connectivity index (χ1v) is 9.42. The number of thioether (sulfide) groups is 1. The number of benzene rings is 1. The fourth-order valence-corrected chi connectivity index (χ4v) is 2.81. The summed E-state index contributed by atoms with van der Waals surface area (Å²) in [5.74, 6) is -1.78. The SMILES string of the molecule is CCOC(=O)c1cnc(SC)n(CC(=O)Nc2ccc(C(=O)OC)cc2)c1=O. The molecule has 0 unspecified atom stereocenters. The highest BCUT2D eigenvalue weighted by atomic mass is 32.2. The molecule has 0 radical (unpaired) electrons. The van der Waals surface area contributed by atoms with Crippen LogP contribution in [0, 0.1) is 0 Å². The lowest BCUT2D eigenvalue weighted by atomic mass is 10.2. The van der Waals surface area contributed by atoms with Crippen molar-refractivity contribution in [2.45, 2.75) is 18.6 Å². The molecule has 0 aliphatic heterocycles. The van der Waals surface area contributed by atoms with Gasteiger partial charge in [0.25, 0.3) is 5.56 Å². The van der Waals surface area contributed by atoms with Gasteiger partial charge in [-0.3, -0.25) is 14.2 Å². The molecule has 148 valence electrons. The van der Waals surface area contributed by atoms with E-state index in [0.717, 1.165) is 10.8 Å². The van der Waals surface area contributed by atoms with Gasteiger partial charge in [-0.1, -0.05) is 11.8 Å². The summed E-state index contributed by atoms with van der Waals surface area (Å²) in [5, 5.41) is 2.91. The van der Waals surface area contributed by atoms with E-state index in [1.165, 1.54) is 43.1 Å². The molecule has 1 aromatic heterocycles. The molecule has 0 atom stereocenters. The number of carbonyl (C=O) groups is 3. The largest absolute Gasteiger partial charge is 0.465 e. The number of rotatable bonds is 7. The van der Waals surface area contributed by atoms with Crippen molar-refractivity contribution < 1.29 is 23.9 Å². The molecule has 10 heteroatoms. The van der Waals surface area contributed by atoms with Gasteiger partial charge in [0.05, 0.1) is 25.5 Å². The maximum Gasteiger partial charge on any atom is 0.345 e. The molecule has 0 bridgehead atoms. The van der Waals surface area contributed by atoms with Gasteiger partial charge in [0, 0.05) is 5.69 Å². The first kappa shape index (κ1) is 21.2. The van der Waals surface area contributed by atoms with Crippen molar-refractivity contribution in [2.24, 2.45) is 0 Å². The summed E-state index contributed by atoms with van der Waals surface area (Å²) in [5.41, 5.74) is -0.123.